The van der Waals surface area contributed by atoms with E-state index in [0.29, 0.717) is 17.5 Å². The maximum Gasteiger partial charge on any atom is 0.283 e. The lowest BCUT2D eigenvalue weighted by Crippen LogP contribution is -3.13. The van der Waals surface area contributed by atoms with E-state index < -0.39 is 0 Å². The monoisotopic (exact) mass is 313 g/mol. The Morgan fingerprint density at radius 3 is 2.65 bits per heavy atom. The summed E-state index contributed by atoms with van der Waals surface area (Å²) in [5.41, 5.74) is 0. The predicted molar refractivity (Wildman–Crippen MR) is 80.6 cm³/mol. The molecule has 0 aromatic carbocycles. The van der Waals surface area contributed by atoms with E-state index in [2.05, 4.69) is 25.1 Å². The van der Waals surface area contributed by atoms with Gasteiger partial charge in [-0.2, -0.15) is 0 Å². The molecule has 8 heteroatoms. The Hall–Kier alpha value is -2.74. The highest BCUT2D eigenvalue weighted by Gasteiger charge is 2.23. The van der Waals surface area contributed by atoms with Crippen LogP contribution in [0.5, 0.6) is 0 Å². The fourth-order valence-electron chi connectivity index (χ4n) is 2.69. The Bertz CT molecular complexity index is 734. The highest BCUT2D eigenvalue weighted by molar-refractivity contribution is 5.42. The van der Waals surface area contributed by atoms with E-state index in [1.54, 1.807) is 24.7 Å². The summed E-state index contributed by atoms with van der Waals surface area (Å²) in [6.45, 7) is 4.52. The van der Waals surface area contributed by atoms with Gasteiger partial charge in [0.05, 0.1) is 32.4 Å². The van der Waals surface area contributed by atoms with Crippen molar-refractivity contribution in [1.82, 2.24) is 20.2 Å². The lowest BCUT2D eigenvalue weighted by Gasteiger charge is -2.31. The third kappa shape index (κ3) is 3.07. The second-order valence-electron chi connectivity index (χ2n) is 5.44. The van der Waals surface area contributed by atoms with Crippen LogP contribution in [0.2, 0.25) is 0 Å². The lowest BCUT2D eigenvalue weighted by atomic mass is 10.3. The SMILES string of the molecule is c1cnc(N2CC[NH+](Cc3nnc(-c4ccco4)o3)CC2)nc1. The van der Waals surface area contributed by atoms with Gasteiger partial charge in [-0.3, -0.25) is 0 Å². The average Bonchev–Trinajstić information content (AvgIpc) is 3.28. The van der Waals surface area contributed by atoms with Crippen LogP contribution in [-0.4, -0.2) is 46.3 Å². The quantitative estimate of drug-likeness (QED) is 0.727. The number of nitrogens with zero attached hydrogens (tertiary/aromatic N) is 5. The van der Waals surface area contributed by atoms with Crippen molar-refractivity contribution in [2.45, 2.75) is 6.54 Å². The molecule has 23 heavy (non-hydrogen) atoms. The van der Waals surface area contributed by atoms with Crippen molar-refractivity contribution in [2.24, 2.45) is 0 Å². The molecule has 3 aromatic heterocycles. The second kappa shape index (κ2) is 6.17. The molecule has 0 amide bonds. The molecule has 8 nitrogen and oxygen atoms in total. The maximum absolute atomic E-state index is 5.67. The highest BCUT2D eigenvalue weighted by atomic mass is 16.4. The molecule has 0 bridgehead atoms. The van der Waals surface area contributed by atoms with E-state index in [4.69, 9.17) is 8.83 Å². The van der Waals surface area contributed by atoms with E-state index in [9.17, 15) is 0 Å². The summed E-state index contributed by atoms with van der Waals surface area (Å²) in [5, 5.41) is 8.14. The zero-order valence-electron chi connectivity index (χ0n) is 12.6. The van der Waals surface area contributed by atoms with Crippen LogP contribution in [0.25, 0.3) is 11.7 Å². The average molecular weight is 313 g/mol. The molecule has 4 rings (SSSR count). The Labute approximate surface area is 132 Å². The van der Waals surface area contributed by atoms with Gasteiger partial charge in [-0.25, -0.2) is 9.97 Å². The van der Waals surface area contributed by atoms with E-state index >= 15 is 0 Å². The first-order valence-corrected chi connectivity index (χ1v) is 7.60. The van der Waals surface area contributed by atoms with Gasteiger partial charge in [-0.05, 0) is 18.2 Å². The largest absolute Gasteiger partial charge is 0.459 e. The number of anilines is 1. The van der Waals surface area contributed by atoms with Gasteiger partial charge in [0.2, 0.25) is 5.95 Å². The van der Waals surface area contributed by atoms with Crippen molar-refractivity contribution in [3.05, 3.63) is 42.7 Å². The van der Waals surface area contributed by atoms with Crippen LogP contribution < -0.4 is 9.80 Å². The van der Waals surface area contributed by atoms with Gasteiger partial charge in [0.25, 0.3) is 11.8 Å². The number of aromatic nitrogens is 4. The first kappa shape index (κ1) is 13.9. The van der Waals surface area contributed by atoms with E-state index in [1.165, 1.54) is 4.90 Å². The predicted octanol–water partition coefficient (Wildman–Crippen LogP) is 0.0247. The van der Waals surface area contributed by atoms with E-state index in [0.717, 1.165) is 38.7 Å². The smallest absolute Gasteiger partial charge is 0.283 e. The molecule has 3 aromatic rings. The molecule has 1 aliphatic rings. The summed E-state index contributed by atoms with van der Waals surface area (Å²) in [7, 11) is 0. The molecule has 118 valence electrons. The standard InChI is InChI=1S/C15H16N6O2/c1-3-12(22-10-1)14-19-18-13(23-14)11-20-6-8-21(9-7-20)15-16-4-2-5-17-15/h1-5,10H,6-9,11H2/p+1. The van der Waals surface area contributed by atoms with Crippen LogP contribution in [0.15, 0.2) is 45.7 Å². The molecule has 0 aliphatic carbocycles. The lowest BCUT2D eigenvalue weighted by molar-refractivity contribution is -0.915. The normalized spacial score (nSPS) is 15.9. The molecule has 1 fully saturated rings. The number of furan rings is 1. The molecular weight excluding hydrogens is 296 g/mol. The summed E-state index contributed by atoms with van der Waals surface area (Å²) in [4.78, 5) is 12.2. The van der Waals surface area contributed by atoms with Crippen LogP contribution in [0.4, 0.5) is 5.95 Å². The third-order valence-electron chi connectivity index (χ3n) is 3.91. The third-order valence-corrected chi connectivity index (χ3v) is 3.91. The second-order valence-corrected chi connectivity index (χ2v) is 5.44. The molecule has 1 saturated heterocycles. The number of piperazine rings is 1. The van der Waals surface area contributed by atoms with Gasteiger partial charge in [-0.1, -0.05) is 0 Å². The van der Waals surface area contributed by atoms with Crippen molar-refractivity contribution >= 4 is 5.95 Å². The highest BCUT2D eigenvalue weighted by Crippen LogP contribution is 2.17. The van der Waals surface area contributed by atoms with Gasteiger partial charge in [0, 0.05) is 12.4 Å². The topological polar surface area (TPSA) is 85.5 Å². The Kier molecular flexibility index (Phi) is 3.73. The van der Waals surface area contributed by atoms with E-state index in [1.807, 2.05) is 12.1 Å². The fraction of sp³-hybridized carbons (Fsp3) is 0.333. The molecule has 0 unspecified atom stereocenters. The molecule has 1 aliphatic heterocycles. The number of hydrogen-bond acceptors (Lipinski definition) is 7. The minimum Gasteiger partial charge on any atom is -0.459 e. The number of quaternary nitrogens is 1. The van der Waals surface area contributed by atoms with Crippen LogP contribution in [-0.2, 0) is 6.54 Å². The molecule has 4 heterocycles. The molecular formula is C15H17N6O2+. The summed E-state index contributed by atoms with van der Waals surface area (Å²) in [5.74, 6) is 2.46. The van der Waals surface area contributed by atoms with Crippen LogP contribution in [0.3, 0.4) is 0 Å². The zero-order valence-corrected chi connectivity index (χ0v) is 12.6. The Balaban J connectivity index is 1.35. The van der Waals surface area contributed by atoms with Crippen molar-refractivity contribution in [3.63, 3.8) is 0 Å². The maximum atomic E-state index is 5.67. The molecule has 0 saturated carbocycles. The number of hydrogen-bond donors (Lipinski definition) is 1. The van der Waals surface area contributed by atoms with Crippen molar-refractivity contribution in [2.75, 3.05) is 31.1 Å². The number of nitrogens with one attached hydrogen (secondary N) is 1. The molecule has 0 spiro atoms. The fourth-order valence-corrected chi connectivity index (χ4v) is 2.69. The van der Waals surface area contributed by atoms with Crippen LogP contribution in [0.1, 0.15) is 5.89 Å². The van der Waals surface area contributed by atoms with Crippen molar-refractivity contribution in [1.29, 1.82) is 0 Å². The minimum absolute atomic E-state index is 0.431. The van der Waals surface area contributed by atoms with Crippen molar-refractivity contribution < 1.29 is 13.7 Å². The van der Waals surface area contributed by atoms with Gasteiger partial charge < -0.3 is 18.6 Å². The summed E-state index contributed by atoms with van der Waals surface area (Å²) < 4.78 is 10.9. The van der Waals surface area contributed by atoms with E-state index in [-0.39, 0.29) is 0 Å². The summed E-state index contributed by atoms with van der Waals surface area (Å²) >= 11 is 0. The van der Waals surface area contributed by atoms with Crippen LogP contribution >= 0.6 is 0 Å². The Morgan fingerprint density at radius 1 is 1.09 bits per heavy atom. The summed E-state index contributed by atoms with van der Waals surface area (Å²) in [6, 6.07) is 5.44. The van der Waals surface area contributed by atoms with Gasteiger partial charge >= 0.3 is 0 Å². The van der Waals surface area contributed by atoms with Gasteiger partial charge in [0.15, 0.2) is 12.3 Å². The summed E-state index contributed by atoms with van der Waals surface area (Å²) in [6.07, 6.45) is 5.14. The zero-order chi connectivity index (χ0) is 15.5. The van der Waals surface area contributed by atoms with Crippen LogP contribution in [0, 0.1) is 0 Å². The Morgan fingerprint density at radius 2 is 1.91 bits per heavy atom. The molecule has 1 N–H and O–H groups in total. The van der Waals surface area contributed by atoms with Crippen molar-refractivity contribution in [3.8, 4) is 11.7 Å². The minimum atomic E-state index is 0.431. The molecule has 0 radical (unpaired) electrons. The van der Waals surface area contributed by atoms with Gasteiger partial charge in [0.1, 0.15) is 0 Å². The van der Waals surface area contributed by atoms with Gasteiger partial charge in [-0.15, -0.1) is 10.2 Å². The first-order valence-electron chi connectivity index (χ1n) is 7.60. The number of rotatable bonds is 4. The molecule has 0 atom stereocenters. The first-order chi connectivity index (χ1) is 11.4.